The molecule has 3 aromatic rings. The molecule has 0 spiro atoms. The average molecular weight is 422 g/mol. The number of amides is 1. The maximum Gasteiger partial charge on any atom is 0.252 e. The number of carbonyl (C=O) groups is 1. The van der Waals surface area contributed by atoms with Crippen molar-refractivity contribution in [2.24, 2.45) is 0 Å². The van der Waals surface area contributed by atoms with Crippen molar-refractivity contribution in [2.45, 2.75) is 39.7 Å². The highest BCUT2D eigenvalue weighted by molar-refractivity contribution is 5.76. The van der Waals surface area contributed by atoms with Gasteiger partial charge in [-0.25, -0.2) is 9.50 Å². The number of hydrogen-bond donors (Lipinski definition) is 1. The fourth-order valence-electron chi connectivity index (χ4n) is 4.79. The van der Waals surface area contributed by atoms with Gasteiger partial charge in [0.25, 0.3) is 5.78 Å². The highest BCUT2D eigenvalue weighted by Crippen LogP contribution is 2.25. The van der Waals surface area contributed by atoms with Crippen LogP contribution in [0.5, 0.6) is 5.75 Å². The van der Waals surface area contributed by atoms with E-state index in [0.717, 1.165) is 68.5 Å². The standard InChI is InChI=1S/C23H28N6O2/c1-16-20(17(2)29-23(26-16)24-15-25-29)4-6-22(30)28-10-8-27(9-11-28)14-18-3-5-21-19(13-18)7-12-31-21/h3,5,13,15H,4,6-12,14H2,1-2H3/p+1. The number of aryl methyl sites for hydroxylation is 2. The second kappa shape index (κ2) is 8.26. The first-order valence-corrected chi connectivity index (χ1v) is 11.1. The summed E-state index contributed by atoms with van der Waals surface area (Å²) in [5.74, 6) is 1.88. The summed E-state index contributed by atoms with van der Waals surface area (Å²) in [5, 5.41) is 4.24. The molecule has 2 aliphatic rings. The second-order valence-electron chi connectivity index (χ2n) is 8.58. The molecule has 0 bridgehead atoms. The molecule has 2 aromatic heterocycles. The van der Waals surface area contributed by atoms with Crippen LogP contribution in [-0.2, 0) is 24.2 Å². The molecule has 2 aliphatic heterocycles. The van der Waals surface area contributed by atoms with Gasteiger partial charge in [0.2, 0.25) is 5.91 Å². The number of aromatic nitrogens is 4. The summed E-state index contributed by atoms with van der Waals surface area (Å²) >= 11 is 0. The minimum absolute atomic E-state index is 0.228. The van der Waals surface area contributed by atoms with E-state index in [-0.39, 0.29) is 5.91 Å². The molecule has 162 valence electrons. The molecule has 0 atom stereocenters. The number of ether oxygens (including phenoxy) is 1. The van der Waals surface area contributed by atoms with Crippen molar-refractivity contribution in [3.63, 3.8) is 0 Å². The summed E-state index contributed by atoms with van der Waals surface area (Å²) < 4.78 is 7.36. The summed E-state index contributed by atoms with van der Waals surface area (Å²) in [5.41, 5.74) is 5.73. The Kier molecular flexibility index (Phi) is 5.31. The molecule has 0 saturated carbocycles. The molecule has 8 nitrogen and oxygen atoms in total. The van der Waals surface area contributed by atoms with E-state index in [4.69, 9.17) is 4.74 Å². The maximum atomic E-state index is 12.8. The third kappa shape index (κ3) is 3.99. The number of benzene rings is 1. The lowest BCUT2D eigenvalue weighted by Crippen LogP contribution is -3.13. The van der Waals surface area contributed by atoms with E-state index in [9.17, 15) is 4.79 Å². The molecule has 31 heavy (non-hydrogen) atoms. The quantitative estimate of drug-likeness (QED) is 0.651. The Morgan fingerprint density at radius 2 is 2.06 bits per heavy atom. The van der Waals surface area contributed by atoms with Crippen LogP contribution in [0, 0.1) is 13.8 Å². The number of nitrogens with zero attached hydrogens (tertiary/aromatic N) is 5. The summed E-state index contributed by atoms with van der Waals surface area (Å²) in [6.45, 7) is 9.43. The van der Waals surface area contributed by atoms with Crippen LogP contribution in [0.4, 0.5) is 0 Å². The third-order valence-corrected chi connectivity index (χ3v) is 6.61. The topological polar surface area (TPSA) is 77.1 Å². The molecule has 1 amide bonds. The summed E-state index contributed by atoms with van der Waals surface area (Å²) in [7, 11) is 0. The Balaban J connectivity index is 1.14. The predicted octanol–water partition coefficient (Wildman–Crippen LogP) is 0.536. The van der Waals surface area contributed by atoms with Crippen LogP contribution in [-0.4, -0.2) is 63.2 Å². The van der Waals surface area contributed by atoms with Gasteiger partial charge in [-0.1, -0.05) is 0 Å². The Morgan fingerprint density at radius 1 is 1.23 bits per heavy atom. The first-order chi connectivity index (χ1) is 15.1. The van der Waals surface area contributed by atoms with Crippen LogP contribution in [0.1, 0.15) is 34.5 Å². The van der Waals surface area contributed by atoms with E-state index < -0.39 is 0 Å². The van der Waals surface area contributed by atoms with Gasteiger partial charge >= 0.3 is 0 Å². The normalized spacial score (nSPS) is 16.5. The first-order valence-electron chi connectivity index (χ1n) is 11.1. The molecule has 8 heteroatoms. The number of carbonyl (C=O) groups excluding carboxylic acids is 1. The van der Waals surface area contributed by atoms with E-state index in [1.54, 1.807) is 4.52 Å². The molecule has 1 saturated heterocycles. The van der Waals surface area contributed by atoms with Crippen molar-refractivity contribution < 1.29 is 14.4 Å². The van der Waals surface area contributed by atoms with Crippen molar-refractivity contribution >= 4 is 11.7 Å². The lowest BCUT2D eigenvalue weighted by atomic mass is 10.1. The fourth-order valence-corrected chi connectivity index (χ4v) is 4.79. The number of piperazine rings is 1. The molecule has 1 fully saturated rings. The minimum Gasteiger partial charge on any atom is -0.493 e. The smallest absolute Gasteiger partial charge is 0.252 e. The van der Waals surface area contributed by atoms with Gasteiger partial charge < -0.3 is 14.5 Å². The van der Waals surface area contributed by atoms with E-state index >= 15 is 0 Å². The Morgan fingerprint density at radius 3 is 2.90 bits per heavy atom. The SMILES string of the molecule is Cc1nc2ncnn2c(C)c1CCC(=O)N1CC[NH+](Cc2ccc3c(c2)CCO3)CC1. The average Bonchev–Trinajstić information content (AvgIpc) is 3.43. The molecular weight excluding hydrogens is 392 g/mol. The van der Waals surface area contributed by atoms with Crippen molar-refractivity contribution in [1.29, 1.82) is 0 Å². The van der Waals surface area contributed by atoms with Gasteiger partial charge in [-0.3, -0.25) is 4.79 Å². The van der Waals surface area contributed by atoms with Crippen molar-refractivity contribution in [2.75, 3.05) is 32.8 Å². The predicted molar refractivity (Wildman–Crippen MR) is 115 cm³/mol. The number of fused-ring (bicyclic) bond motifs is 2. The monoisotopic (exact) mass is 421 g/mol. The number of hydrogen-bond acceptors (Lipinski definition) is 5. The van der Waals surface area contributed by atoms with Crippen LogP contribution < -0.4 is 9.64 Å². The fraction of sp³-hybridized carbons (Fsp3) is 0.478. The lowest BCUT2D eigenvalue weighted by molar-refractivity contribution is -0.917. The zero-order valence-corrected chi connectivity index (χ0v) is 18.2. The Labute approximate surface area is 181 Å². The van der Waals surface area contributed by atoms with Gasteiger partial charge in [0.1, 0.15) is 18.6 Å². The number of rotatable bonds is 5. The second-order valence-corrected chi connectivity index (χ2v) is 8.58. The Bertz CT molecular complexity index is 1120. The molecule has 1 aromatic carbocycles. The molecule has 4 heterocycles. The zero-order chi connectivity index (χ0) is 21.4. The van der Waals surface area contributed by atoms with Gasteiger partial charge in [0, 0.05) is 29.8 Å². The molecule has 5 rings (SSSR count). The van der Waals surface area contributed by atoms with Gasteiger partial charge in [0.05, 0.1) is 32.8 Å². The van der Waals surface area contributed by atoms with Crippen molar-refractivity contribution in [3.8, 4) is 5.75 Å². The van der Waals surface area contributed by atoms with Crippen LogP contribution >= 0.6 is 0 Å². The minimum atomic E-state index is 0.228. The molecule has 1 N–H and O–H groups in total. The van der Waals surface area contributed by atoms with Crippen LogP contribution in [0.3, 0.4) is 0 Å². The summed E-state index contributed by atoms with van der Waals surface area (Å²) in [6, 6.07) is 6.57. The highest BCUT2D eigenvalue weighted by atomic mass is 16.5. The van der Waals surface area contributed by atoms with Gasteiger partial charge in [-0.15, -0.1) is 0 Å². The molecule has 0 unspecified atom stereocenters. The van der Waals surface area contributed by atoms with Crippen molar-refractivity contribution in [3.05, 3.63) is 52.6 Å². The molecule has 0 radical (unpaired) electrons. The van der Waals surface area contributed by atoms with Crippen LogP contribution in [0.25, 0.3) is 5.78 Å². The van der Waals surface area contributed by atoms with Gasteiger partial charge in [-0.05, 0) is 49.6 Å². The highest BCUT2D eigenvalue weighted by Gasteiger charge is 2.24. The Hall–Kier alpha value is -3.00. The lowest BCUT2D eigenvalue weighted by Gasteiger charge is -2.32. The summed E-state index contributed by atoms with van der Waals surface area (Å²) in [6.07, 6.45) is 3.72. The largest absolute Gasteiger partial charge is 0.493 e. The number of quaternary nitrogens is 1. The van der Waals surface area contributed by atoms with E-state index in [1.165, 1.54) is 22.4 Å². The van der Waals surface area contributed by atoms with Crippen LogP contribution in [0.15, 0.2) is 24.5 Å². The van der Waals surface area contributed by atoms with E-state index in [2.05, 4.69) is 33.3 Å². The zero-order valence-electron chi connectivity index (χ0n) is 18.2. The van der Waals surface area contributed by atoms with E-state index in [0.29, 0.717) is 18.6 Å². The summed E-state index contributed by atoms with van der Waals surface area (Å²) in [4.78, 5) is 25.1. The molecular formula is C23H29N6O2+. The first kappa shape index (κ1) is 19.9. The number of nitrogens with one attached hydrogen (secondary N) is 1. The van der Waals surface area contributed by atoms with Crippen molar-refractivity contribution in [1.82, 2.24) is 24.5 Å². The van der Waals surface area contributed by atoms with Gasteiger partial charge in [-0.2, -0.15) is 10.1 Å². The maximum absolute atomic E-state index is 12.8. The third-order valence-electron chi connectivity index (χ3n) is 6.61. The molecule has 0 aliphatic carbocycles. The van der Waals surface area contributed by atoms with Gasteiger partial charge in [0.15, 0.2) is 0 Å². The van der Waals surface area contributed by atoms with E-state index in [1.807, 2.05) is 18.7 Å². The van der Waals surface area contributed by atoms with Crippen LogP contribution in [0.2, 0.25) is 0 Å².